The molecule has 1 atom stereocenters. The Morgan fingerprint density at radius 2 is 0.733 bits per heavy atom. The first-order chi connectivity index (χ1) is 22.3. The molecule has 4 nitrogen and oxygen atoms in total. The highest BCUT2D eigenvalue weighted by atomic mass is 16.5. The van der Waals surface area contributed by atoms with Crippen molar-refractivity contribution in [1.82, 2.24) is 5.32 Å². The summed E-state index contributed by atoms with van der Waals surface area (Å²) in [6.45, 7) is 7.78. The predicted molar refractivity (Wildman–Crippen MR) is 199 cm³/mol. The summed E-state index contributed by atoms with van der Waals surface area (Å²) < 4.78 is 12.2. The second-order valence-corrected chi connectivity index (χ2v) is 14.1. The maximum Gasteiger partial charge on any atom is 0.0931 e. The molecule has 1 unspecified atom stereocenters. The molecule has 0 amide bonds. The fourth-order valence-electron chi connectivity index (χ4n) is 6.42. The maximum atomic E-state index is 9.07. The van der Waals surface area contributed by atoms with Crippen LogP contribution in [0.3, 0.4) is 0 Å². The largest absolute Gasteiger partial charge is 0.381 e. The van der Waals surface area contributed by atoms with Gasteiger partial charge in [0.05, 0.1) is 19.4 Å². The Morgan fingerprint density at radius 3 is 1.07 bits per heavy atom. The van der Waals surface area contributed by atoms with Gasteiger partial charge in [0.25, 0.3) is 0 Å². The van der Waals surface area contributed by atoms with Gasteiger partial charge in [0, 0.05) is 13.2 Å². The molecule has 0 aliphatic heterocycles. The molecule has 0 saturated heterocycles. The third-order valence-electron chi connectivity index (χ3n) is 9.55. The van der Waals surface area contributed by atoms with Gasteiger partial charge >= 0.3 is 0 Å². The van der Waals surface area contributed by atoms with Gasteiger partial charge in [0.15, 0.2) is 0 Å². The van der Waals surface area contributed by atoms with Gasteiger partial charge in [-0.3, -0.25) is 5.32 Å². The number of aliphatic hydroxyl groups is 1. The van der Waals surface area contributed by atoms with Crippen molar-refractivity contribution in [2.45, 2.75) is 232 Å². The lowest BCUT2D eigenvalue weighted by Crippen LogP contribution is -2.27. The Bertz CT molecular complexity index is 503. The first-order valence-electron chi connectivity index (χ1n) is 20.9. The minimum Gasteiger partial charge on any atom is -0.381 e. The molecule has 0 aromatic heterocycles. The zero-order valence-electron chi connectivity index (χ0n) is 31.2. The lowest BCUT2D eigenvalue weighted by atomic mass is 10.0. The molecule has 0 aromatic carbocycles. The summed E-state index contributed by atoms with van der Waals surface area (Å²) in [6, 6.07) is 0. The van der Waals surface area contributed by atoms with Crippen LogP contribution in [0.15, 0.2) is 0 Å². The van der Waals surface area contributed by atoms with Crippen molar-refractivity contribution >= 4 is 0 Å². The van der Waals surface area contributed by atoms with E-state index in [0.717, 1.165) is 32.6 Å². The highest BCUT2D eigenvalue weighted by molar-refractivity contribution is 4.60. The molecule has 0 saturated carbocycles. The first kappa shape index (κ1) is 44.8. The van der Waals surface area contributed by atoms with Crippen LogP contribution in [0.25, 0.3) is 0 Å². The van der Waals surface area contributed by atoms with E-state index in [2.05, 4.69) is 19.2 Å². The number of nitrogens with one attached hydrogen (secondary N) is 1. The van der Waals surface area contributed by atoms with Gasteiger partial charge < -0.3 is 14.6 Å². The van der Waals surface area contributed by atoms with Gasteiger partial charge in [-0.25, -0.2) is 0 Å². The second kappa shape index (κ2) is 41.9. The van der Waals surface area contributed by atoms with Crippen molar-refractivity contribution in [3.8, 4) is 0 Å². The molecule has 4 heteroatoms. The van der Waals surface area contributed by atoms with E-state index in [4.69, 9.17) is 14.6 Å². The highest BCUT2D eigenvalue weighted by Crippen LogP contribution is 2.15. The third kappa shape index (κ3) is 39.9. The zero-order valence-corrected chi connectivity index (χ0v) is 31.2. The van der Waals surface area contributed by atoms with E-state index in [-0.39, 0.29) is 12.8 Å². The Balaban J connectivity index is 3.51. The molecule has 0 aromatic rings. The monoisotopic (exact) mass is 640 g/mol. The summed E-state index contributed by atoms with van der Waals surface area (Å²) in [6.07, 6.45) is 45.8. The smallest absolute Gasteiger partial charge is 0.0931 e. The van der Waals surface area contributed by atoms with Crippen LogP contribution in [0, 0.1) is 0 Å². The third-order valence-corrected chi connectivity index (χ3v) is 9.55. The van der Waals surface area contributed by atoms with Gasteiger partial charge in [-0.15, -0.1) is 0 Å². The van der Waals surface area contributed by atoms with E-state index >= 15 is 0 Å². The molecule has 0 aliphatic rings. The summed E-state index contributed by atoms with van der Waals surface area (Å²) >= 11 is 0. The molecular weight excluding hydrogens is 554 g/mol. The quantitative estimate of drug-likeness (QED) is 0.0516. The van der Waals surface area contributed by atoms with Crippen LogP contribution in [0.4, 0.5) is 0 Å². The number of unbranched alkanes of at least 4 members (excludes halogenated alkanes) is 30. The number of hydrogen-bond acceptors (Lipinski definition) is 4. The Kier molecular flexibility index (Phi) is 41.7. The number of rotatable bonds is 41. The standard InChI is InChI=1S/C41H85NO3/c1-3-5-7-9-11-13-15-17-19-21-23-25-27-29-31-33-37-44-39-41(35-36-42-40-43)45-38-34-32-30-28-26-24-22-20-18-16-14-12-10-8-6-4-2/h41-43H,3-40H2,1-2H3. The number of aliphatic hydroxyl groups excluding tert-OH is 1. The van der Waals surface area contributed by atoms with Crippen molar-refractivity contribution < 1.29 is 14.6 Å². The van der Waals surface area contributed by atoms with E-state index in [1.807, 2.05) is 0 Å². The van der Waals surface area contributed by atoms with Gasteiger partial charge in [0.2, 0.25) is 0 Å². The van der Waals surface area contributed by atoms with Crippen LogP contribution in [0.2, 0.25) is 0 Å². The van der Waals surface area contributed by atoms with Gasteiger partial charge in [-0.05, 0) is 25.8 Å². The number of ether oxygens (including phenoxy) is 2. The molecule has 0 radical (unpaired) electrons. The molecule has 0 bridgehead atoms. The lowest BCUT2D eigenvalue weighted by molar-refractivity contribution is -0.0225. The fourth-order valence-corrected chi connectivity index (χ4v) is 6.42. The van der Waals surface area contributed by atoms with Crippen LogP contribution in [-0.2, 0) is 9.47 Å². The Hall–Kier alpha value is -0.160. The van der Waals surface area contributed by atoms with Crippen molar-refractivity contribution in [2.75, 3.05) is 33.1 Å². The highest BCUT2D eigenvalue weighted by Gasteiger charge is 2.09. The molecule has 0 heterocycles. The fraction of sp³-hybridized carbons (Fsp3) is 1.00. The molecule has 0 fully saturated rings. The summed E-state index contributed by atoms with van der Waals surface area (Å²) in [5.41, 5.74) is 0. The molecule has 0 aliphatic carbocycles. The summed E-state index contributed by atoms with van der Waals surface area (Å²) in [5, 5.41) is 12.1. The SMILES string of the molecule is CCCCCCCCCCCCCCCCCCOCC(CCNCO)OCCCCCCCCCCCCCCCCCC. The minimum absolute atomic E-state index is 0.0336. The minimum atomic E-state index is 0.0336. The van der Waals surface area contributed by atoms with E-state index < -0.39 is 0 Å². The average Bonchev–Trinajstić information content (AvgIpc) is 3.05. The predicted octanol–water partition coefficient (Wildman–Crippen LogP) is 12.8. The van der Waals surface area contributed by atoms with E-state index in [0.29, 0.717) is 6.61 Å². The van der Waals surface area contributed by atoms with Crippen LogP contribution >= 0.6 is 0 Å². The Labute approximate surface area is 284 Å². The van der Waals surface area contributed by atoms with E-state index in [1.54, 1.807) is 0 Å². The topological polar surface area (TPSA) is 50.7 Å². The molecule has 0 rings (SSSR count). The Morgan fingerprint density at radius 1 is 0.422 bits per heavy atom. The second-order valence-electron chi connectivity index (χ2n) is 14.1. The molecular formula is C41H85NO3. The van der Waals surface area contributed by atoms with E-state index in [1.165, 1.54) is 199 Å². The first-order valence-corrected chi connectivity index (χ1v) is 20.9. The summed E-state index contributed by atoms with van der Waals surface area (Å²) in [4.78, 5) is 0. The summed E-state index contributed by atoms with van der Waals surface area (Å²) in [7, 11) is 0. The molecule has 45 heavy (non-hydrogen) atoms. The van der Waals surface area contributed by atoms with Crippen LogP contribution in [-0.4, -0.2) is 44.3 Å². The van der Waals surface area contributed by atoms with Crippen molar-refractivity contribution in [2.24, 2.45) is 0 Å². The number of hydrogen-bond donors (Lipinski definition) is 2. The van der Waals surface area contributed by atoms with Gasteiger partial charge in [0.1, 0.15) is 0 Å². The molecule has 0 spiro atoms. The maximum absolute atomic E-state index is 9.07. The molecule has 272 valence electrons. The van der Waals surface area contributed by atoms with Crippen molar-refractivity contribution in [3.05, 3.63) is 0 Å². The van der Waals surface area contributed by atoms with E-state index in [9.17, 15) is 0 Å². The van der Waals surface area contributed by atoms with Crippen LogP contribution < -0.4 is 5.32 Å². The average molecular weight is 640 g/mol. The summed E-state index contributed by atoms with van der Waals surface area (Å²) in [5.74, 6) is 0. The van der Waals surface area contributed by atoms with Crippen LogP contribution in [0.5, 0.6) is 0 Å². The van der Waals surface area contributed by atoms with Crippen LogP contribution in [0.1, 0.15) is 226 Å². The van der Waals surface area contributed by atoms with Gasteiger partial charge in [-0.1, -0.05) is 206 Å². The molecule has 2 N–H and O–H groups in total. The lowest BCUT2D eigenvalue weighted by Gasteiger charge is -2.18. The van der Waals surface area contributed by atoms with Gasteiger partial charge in [-0.2, -0.15) is 0 Å². The zero-order chi connectivity index (χ0) is 32.6. The van der Waals surface area contributed by atoms with Crippen molar-refractivity contribution in [3.63, 3.8) is 0 Å². The van der Waals surface area contributed by atoms with Crippen molar-refractivity contribution in [1.29, 1.82) is 0 Å². The normalized spacial score (nSPS) is 12.3.